The van der Waals surface area contributed by atoms with Crippen molar-refractivity contribution in [3.63, 3.8) is 0 Å². The van der Waals surface area contributed by atoms with Gasteiger partial charge in [0.2, 0.25) is 5.91 Å². The molecule has 0 aromatic rings. The van der Waals surface area contributed by atoms with E-state index in [0.29, 0.717) is 25.9 Å². The van der Waals surface area contributed by atoms with E-state index in [1.165, 1.54) is 218 Å². The molecule has 2 atom stereocenters. The van der Waals surface area contributed by atoms with Gasteiger partial charge in [-0.15, -0.1) is 0 Å². The topological polar surface area (TPSA) is 95.9 Å². The average molecular weight is 971 g/mol. The Balaban J connectivity index is 3.51. The maximum absolute atomic E-state index is 12.5. The molecule has 0 saturated carbocycles. The molecule has 6 heteroatoms. The zero-order valence-corrected chi connectivity index (χ0v) is 46.3. The lowest BCUT2D eigenvalue weighted by molar-refractivity contribution is -0.143. The Morgan fingerprint density at radius 1 is 0.406 bits per heavy atom. The molecule has 0 heterocycles. The first-order valence-corrected chi connectivity index (χ1v) is 30.8. The second-order valence-electron chi connectivity index (χ2n) is 21.1. The molecule has 0 fully saturated rings. The summed E-state index contributed by atoms with van der Waals surface area (Å²) >= 11 is 0. The number of rotatable bonds is 57. The van der Waals surface area contributed by atoms with Crippen LogP contribution in [0, 0.1) is 0 Å². The molecular weight excluding hydrogens is 851 g/mol. The molecule has 0 rings (SSSR count). The van der Waals surface area contributed by atoms with Gasteiger partial charge < -0.3 is 20.3 Å². The maximum atomic E-state index is 12.5. The molecule has 0 spiro atoms. The van der Waals surface area contributed by atoms with E-state index in [1.54, 1.807) is 0 Å². The van der Waals surface area contributed by atoms with Crippen molar-refractivity contribution in [3.05, 3.63) is 36.5 Å². The lowest BCUT2D eigenvalue weighted by Gasteiger charge is -2.22. The molecule has 3 N–H and O–H groups in total. The molecular formula is C63H119NO5. The predicted molar refractivity (Wildman–Crippen MR) is 301 cm³/mol. The molecule has 0 radical (unpaired) electrons. The van der Waals surface area contributed by atoms with Gasteiger partial charge in [0.15, 0.2) is 0 Å². The summed E-state index contributed by atoms with van der Waals surface area (Å²) in [6, 6.07) is -0.560. The van der Waals surface area contributed by atoms with Crippen molar-refractivity contribution in [2.24, 2.45) is 0 Å². The number of allylic oxidation sites excluding steroid dienone is 6. The van der Waals surface area contributed by atoms with Crippen molar-refractivity contribution in [2.45, 2.75) is 341 Å². The fourth-order valence-electron chi connectivity index (χ4n) is 9.45. The minimum Gasteiger partial charge on any atom is -0.466 e. The molecule has 0 saturated heterocycles. The molecule has 6 nitrogen and oxygen atoms in total. The summed E-state index contributed by atoms with van der Waals surface area (Å²) in [5, 5.41) is 23.4. The third kappa shape index (κ3) is 55.2. The minimum absolute atomic E-state index is 0.0305. The minimum atomic E-state index is -0.681. The van der Waals surface area contributed by atoms with Crippen molar-refractivity contribution >= 4 is 11.9 Å². The molecule has 0 aromatic heterocycles. The van der Waals surface area contributed by atoms with Crippen LogP contribution in [0.5, 0.6) is 0 Å². The maximum Gasteiger partial charge on any atom is 0.305 e. The zero-order valence-electron chi connectivity index (χ0n) is 46.3. The molecule has 0 aromatic carbocycles. The summed E-state index contributed by atoms with van der Waals surface area (Å²) in [4.78, 5) is 24.5. The molecule has 2 unspecified atom stereocenters. The van der Waals surface area contributed by atoms with Crippen LogP contribution in [0.15, 0.2) is 36.5 Å². The largest absolute Gasteiger partial charge is 0.466 e. The number of hydrogen-bond donors (Lipinski definition) is 3. The van der Waals surface area contributed by atoms with E-state index in [-0.39, 0.29) is 18.5 Å². The van der Waals surface area contributed by atoms with Gasteiger partial charge in [0.05, 0.1) is 25.4 Å². The lowest BCUT2D eigenvalue weighted by atomic mass is 10.0. The van der Waals surface area contributed by atoms with Gasteiger partial charge in [0, 0.05) is 12.8 Å². The van der Waals surface area contributed by atoms with Crippen LogP contribution < -0.4 is 5.32 Å². The number of hydrogen-bond acceptors (Lipinski definition) is 5. The molecule has 0 bridgehead atoms. The van der Waals surface area contributed by atoms with E-state index < -0.39 is 12.1 Å². The molecule has 0 aliphatic rings. The van der Waals surface area contributed by atoms with Gasteiger partial charge >= 0.3 is 5.97 Å². The van der Waals surface area contributed by atoms with Crippen LogP contribution in [-0.4, -0.2) is 47.4 Å². The van der Waals surface area contributed by atoms with E-state index in [4.69, 9.17) is 4.74 Å². The number of nitrogens with one attached hydrogen (secondary N) is 1. The van der Waals surface area contributed by atoms with Gasteiger partial charge in [0.25, 0.3) is 0 Å². The summed E-state index contributed by atoms with van der Waals surface area (Å²) in [6.45, 7) is 4.89. The first-order valence-electron chi connectivity index (χ1n) is 30.8. The summed E-state index contributed by atoms with van der Waals surface area (Å²) in [5.41, 5.74) is 0. The Morgan fingerprint density at radius 3 is 1.13 bits per heavy atom. The van der Waals surface area contributed by atoms with Crippen LogP contribution in [-0.2, 0) is 14.3 Å². The first kappa shape index (κ1) is 67.1. The Kier molecular flexibility index (Phi) is 57.0. The number of aliphatic hydroxyl groups is 2. The summed E-state index contributed by atoms with van der Waals surface area (Å²) < 4.78 is 5.44. The van der Waals surface area contributed by atoms with Gasteiger partial charge in [-0.3, -0.25) is 9.59 Å². The number of carbonyl (C=O) groups excluding carboxylic acids is 2. The van der Waals surface area contributed by atoms with Crippen LogP contribution >= 0.6 is 0 Å². The van der Waals surface area contributed by atoms with E-state index in [1.807, 2.05) is 0 Å². The average Bonchev–Trinajstić information content (AvgIpc) is 3.35. The first-order chi connectivity index (χ1) is 34.0. The Hall–Kier alpha value is -1.92. The smallest absolute Gasteiger partial charge is 0.305 e. The second-order valence-corrected chi connectivity index (χ2v) is 21.1. The zero-order chi connectivity index (χ0) is 50.0. The second kappa shape index (κ2) is 58.6. The summed E-state index contributed by atoms with van der Waals surface area (Å²) in [7, 11) is 0. The highest BCUT2D eigenvalue weighted by Crippen LogP contribution is 2.17. The lowest BCUT2D eigenvalue weighted by Crippen LogP contribution is -2.45. The van der Waals surface area contributed by atoms with Crippen molar-refractivity contribution in [1.82, 2.24) is 5.32 Å². The van der Waals surface area contributed by atoms with Crippen LogP contribution in [0.3, 0.4) is 0 Å². The van der Waals surface area contributed by atoms with Gasteiger partial charge in [-0.2, -0.15) is 0 Å². The number of unbranched alkanes of at least 4 members (excludes halogenated alkanes) is 41. The molecule has 406 valence electrons. The van der Waals surface area contributed by atoms with Gasteiger partial charge in [-0.1, -0.05) is 269 Å². The number of ether oxygens (including phenoxy) is 1. The Bertz CT molecular complexity index is 1120. The normalized spacial score (nSPS) is 12.8. The monoisotopic (exact) mass is 970 g/mol. The van der Waals surface area contributed by atoms with Crippen molar-refractivity contribution in [2.75, 3.05) is 13.2 Å². The molecule has 69 heavy (non-hydrogen) atoms. The van der Waals surface area contributed by atoms with Crippen LogP contribution in [0.4, 0.5) is 0 Å². The fraction of sp³-hybridized carbons (Fsp3) is 0.873. The Morgan fingerprint density at radius 2 is 0.725 bits per heavy atom. The van der Waals surface area contributed by atoms with Crippen LogP contribution in [0.25, 0.3) is 0 Å². The number of carbonyl (C=O) groups is 2. The third-order valence-corrected chi connectivity index (χ3v) is 14.2. The van der Waals surface area contributed by atoms with Crippen molar-refractivity contribution in [1.29, 1.82) is 0 Å². The van der Waals surface area contributed by atoms with Crippen LogP contribution in [0.2, 0.25) is 0 Å². The molecule has 0 aliphatic heterocycles. The fourth-order valence-corrected chi connectivity index (χ4v) is 9.45. The summed E-state index contributed by atoms with van der Waals surface area (Å²) in [5.74, 6) is -0.0854. The number of aliphatic hydroxyl groups excluding tert-OH is 2. The van der Waals surface area contributed by atoms with E-state index in [2.05, 4.69) is 55.6 Å². The van der Waals surface area contributed by atoms with Crippen LogP contribution in [0.1, 0.15) is 328 Å². The predicted octanol–water partition coefficient (Wildman–Crippen LogP) is 19.2. The van der Waals surface area contributed by atoms with Gasteiger partial charge in [0.1, 0.15) is 0 Å². The number of amides is 1. The van der Waals surface area contributed by atoms with Crippen molar-refractivity contribution < 1.29 is 24.5 Å². The number of esters is 1. The van der Waals surface area contributed by atoms with Gasteiger partial charge in [-0.25, -0.2) is 0 Å². The highest BCUT2D eigenvalue weighted by molar-refractivity contribution is 5.76. The molecule has 1 amide bonds. The Labute approximate surface area is 430 Å². The highest BCUT2D eigenvalue weighted by atomic mass is 16.5. The summed E-state index contributed by atoms with van der Waals surface area (Å²) in [6.07, 6.45) is 72.9. The van der Waals surface area contributed by atoms with E-state index >= 15 is 0 Å². The quantitative estimate of drug-likeness (QED) is 0.0244. The van der Waals surface area contributed by atoms with Gasteiger partial charge in [-0.05, 0) is 83.5 Å². The van der Waals surface area contributed by atoms with Crippen molar-refractivity contribution in [3.8, 4) is 0 Å². The third-order valence-electron chi connectivity index (χ3n) is 14.2. The van der Waals surface area contributed by atoms with E-state index in [9.17, 15) is 19.8 Å². The molecule has 0 aliphatic carbocycles. The van der Waals surface area contributed by atoms with E-state index in [0.717, 1.165) is 77.0 Å². The highest BCUT2D eigenvalue weighted by Gasteiger charge is 2.20. The SMILES string of the molecule is CCCCCC/C=C\CCCCCCCC(=O)OCCCCC/C=C\C=C/CCCCCCCCC(=O)NC(CO)C(O)CCCCCCCCCCCCCCCCCCCCCCCCCC. The standard InChI is InChI=1S/C63H119NO5/c1-3-5-7-9-11-13-15-17-18-19-20-21-22-23-24-25-26-28-32-35-39-43-47-51-55-61(66)60(59-65)64-62(67)56-52-48-44-40-36-33-29-27-30-34-38-42-46-50-54-58-69-63(68)57-53-49-45-41-37-31-16-14-12-10-8-6-4-2/h14,16,27,30,34,38,60-61,65-66H,3-13,15,17-26,28-29,31-33,35-37,39-59H2,1-2H3,(H,64,67)/b16-14-,30-27-,38-34-.